The Labute approximate surface area is 99.2 Å². The summed E-state index contributed by atoms with van der Waals surface area (Å²) in [5, 5.41) is 2.88. The van der Waals surface area contributed by atoms with Gasteiger partial charge in [0, 0.05) is 23.1 Å². The van der Waals surface area contributed by atoms with Crippen molar-refractivity contribution in [1.82, 2.24) is 4.98 Å². The average Bonchev–Trinajstić information content (AvgIpc) is 2.88. The van der Waals surface area contributed by atoms with Crippen molar-refractivity contribution in [3.63, 3.8) is 0 Å². The fourth-order valence-electron chi connectivity index (χ4n) is 2.04. The number of aromatic nitrogens is 1. The molecule has 0 fully saturated rings. The predicted molar refractivity (Wildman–Crippen MR) is 68.5 cm³/mol. The molecule has 3 heteroatoms. The lowest BCUT2D eigenvalue weighted by atomic mass is 10.0. The number of anilines is 1. The molecule has 0 radical (unpaired) electrons. The molecule has 1 amide bonds. The maximum absolute atomic E-state index is 11.9. The van der Waals surface area contributed by atoms with Crippen LogP contribution in [0.25, 0.3) is 11.6 Å². The number of carbonyl (C=O) groups excluding carboxylic acids is 1. The van der Waals surface area contributed by atoms with Gasteiger partial charge in [-0.1, -0.05) is 12.1 Å². The molecule has 1 aromatic heterocycles. The number of nitrogens with one attached hydrogen (secondary N) is 2. The van der Waals surface area contributed by atoms with Crippen LogP contribution >= 0.6 is 0 Å². The molecule has 0 atom stereocenters. The summed E-state index contributed by atoms with van der Waals surface area (Å²) in [4.78, 5) is 14.9. The largest absolute Gasteiger partial charge is 0.362 e. The lowest BCUT2D eigenvalue weighted by Gasteiger charge is -1.99. The average molecular weight is 224 g/mol. The van der Waals surface area contributed by atoms with Gasteiger partial charge < -0.3 is 10.3 Å². The van der Waals surface area contributed by atoms with Gasteiger partial charge >= 0.3 is 0 Å². The summed E-state index contributed by atoms with van der Waals surface area (Å²) in [5.74, 6) is -0.0415. The Balaban J connectivity index is 2.11. The number of carbonyl (C=O) groups is 1. The Morgan fingerprint density at radius 3 is 2.88 bits per heavy atom. The van der Waals surface area contributed by atoms with Gasteiger partial charge in [-0.3, -0.25) is 4.79 Å². The smallest absolute Gasteiger partial charge is 0.256 e. The quantitative estimate of drug-likeness (QED) is 0.719. The van der Waals surface area contributed by atoms with Crippen LogP contribution in [-0.4, -0.2) is 10.9 Å². The van der Waals surface area contributed by atoms with E-state index in [1.165, 1.54) is 0 Å². The second-order valence-corrected chi connectivity index (χ2v) is 4.19. The molecule has 1 aliphatic heterocycles. The van der Waals surface area contributed by atoms with Crippen LogP contribution in [0.15, 0.2) is 36.5 Å². The molecule has 84 valence electrons. The first-order valence-corrected chi connectivity index (χ1v) is 5.51. The second-order valence-electron chi connectivity index (χ2n) is 4.19. The summed E-state index contributed by atoms with van der Waals surface area (Å²) in [7, 11) is 0. The topological polar surface area (TPSA) is 44.9 Å². The van der Waals surface area contributed by atoms with Crippen LogP contribution in [-0.2, 0) is 4.79 Å². The number of hydrogen-bond donors (Lipinski definition) is 2. The molecule has 0 unspecified atom stereocenters. The van der Waals surface area contributed by atoms with Crippen LogP contribution in [0.3, 0.4) is 0 Å². The van der Waals surface area contributed by atoms with Gasteiger partial charge in [-0.05, 0) is 36.8 Å². The van der Waals surface area contributed by atoms with E-state index in [4.69, 9.17) is 0 Å². The monoisotopic (exact) mass is 224 g/mol. The molecule has 1 aliphatic rings. The fraction of sp³-hybridized carbons (Fsp3) is 0.0714. The van der Waals surface area contributed by atoms with Gasteiger partial charge in [0.15, 0.2) is 0 Å². The fourth-order valence-corrected chi connectivity index (χ4v) is 2.04. The van der Waals surface area contributed by atoms with E-state index in [2.05, 4.69) is 10.3 Å². The first-order valence-electron chi connectivity index (χ1n) is 5.51. The van der Waals surface area contributed by atoms with E-state index >= 15 is 0 Å². The van der Waals surface area contributed by atoms with Gasteiger partial charge in [0.05, 0.1) is 5.57 Å². The van der Waals surface area contributed by atoms with E-state index in [9.17, 15) is 4.79 Å². The number of rotatable bonds is 1. The number of amides is 1. The molecule has 2 heterocycles. The zero-order valence-electron chi connectivity index (χ0n) is 9.45. The van der Waals surface area contributed by atoms with Crippen LogP contribution in [0, 0.1) is 6.92 Å². The normalized spacial score (nSPS) is 16.1. The van der Waals surface area contributed by atoms with Crippen molar-refractivity contribution in [3.05, 3.63) is 53.3 Å². The lowest BCUT2D eigenvalue weighted by molar-refractivity contribution is -0.110. The van der Waals surface area contributed by atoms with Crippen molar-refractivity contribution in [2.45, 2.75) is 6.92 Å². The van der Waals surface area contributed by atoms with Gasteiger partial charge in [-0.25, -0.2) is 0 Å². The minimum Gasteiger partial charge on any atom is -0.362 e. The molecular weight excluding hydrogens is 212 g/mol. The molecule has 2 N–H and O–H groups in total. The summed E-state index contributed by atoms with van der Waals surface area (Å²) < 4.78 is 0. The maximum atomic E-state index is 11.9. The molecule has 0 spiro atoms. The van der Waals surface area contributed by atoms with Crippen LogP contribution in [0.4, 0.5) is 5.69 Å². The van der Waals surface area contributed by atoms with E-state index in [0.717, 1.165) is 22.5 Å². The Bertz CT molecular complexity index is 609. The maximum Gasteiger partial charge on any atom is 0.256 e. The van der Waals surface area contributed by atoms with Crippen molar-refractivity contribution in [3.8, 4) is 0 Å². The summed E-state index contributed by atoms with van der Waals surface area (Å²) >= 11 is 0. The third-order valence-electron chi connectivity index (χ3n) is 2.88. The predicted octanol–water partition coefficient (Wildman–Crippen LogP) is 2.82. The van der Waals surface area contributed by atoms with Crippen LogP contribution in [0.2, 0.25) is 0 Å². The molecule has 17 heavy (non-hydrogen) atoms. The lowest BCUT2D eigenvalue weighted by Crippen LogP contribution is -2.03. The molecule has 0 saturated heterocycles. The minimum absolute atomic E-state index is 0.0415. The molecule has 0 saturated carbocycles. The summed E-state index contributed by atoms with van der Waals surface area (Å²) in [5.41, 5.74) is 4.65. The Kier molecular flexibility index (Phi) is 2.11. The van der Waals surface area contributed by atoms with Crippen LogP contribution in [0.5, 0.6) is 0 Å². The Morgan fingerprint density at radius 2 is 2.12 bits per heavy atom. The molecule has 0 aliphatic carbocycles. The molecular formula is C14H12N2O. The Hall–Kier alpha value is -2.29. The molecule has 2 aromatic rings. The van der Waals surface area contributed by atoms with Crippen molar-refractivity contribution in [2.75, 3.05) is 5.32 Å². The van der Waals surface area contributed by atoms with E-state index in [-0.39, 0.29) is 5.91 Å². The third-order valence-corrected chi connectivity index (χ3v) is 2.88. The molecule has 0 bridgehead atoms. The van der Waals surface area contributed by atoms with Crippen molar-refractivity contribution < 1.29 is 4.79 Å². The number of aromatic amines is 1. The number of hydrogen-bond acceptors (Lipinski definition) is 1. The van der Waals surface area contributed by atoms with Gasteiger partial charge in [-0.15, -0.1) is 0 Å². The number of aryl methyl sites for hydroxylation is 1. The zero-order valence-corrected chi connectivity index (χ0v) is 9.45. The van der Waals surface area contributed by atoms with Gasteiger partial charge in [0.25, 0.3) is 5.91 Å². The van der Waals surface area contributed by atoms with Gasteiger partial charge in [0.2, 0.25) is 0 Å². The SMILES string of the molecule is Cc1ccc2c(c1)NC(=O)/C2=C\c1ccc[nH]1. The highest BCUT2D eigenvalue weighted by Gasteiger charge is 2.23. The highest BCUT2D eigenvalue weighted by molar-refractivity contribution is 6.34. The minimum atomic E-state index is -0.0415. The Morgan fingerprint density at radius 1 is 1.24 bits per heavy atom. The number of benzene rings is 1. The first-order chi connectivity index (χ1) is 8.24. The third kappa shape index (κ3) is 1.65. The zero-order chi connectivity index (χ0) is 11.8. The molecule has 1 aromatic carbocycles. The van der Waals surface area contributed by atoms with Crippen molar-refractivity contribution in [2.24, 2.45) is 0 Å². The van der Waals surface area contributed by atoms with Crippen LogP contribution < -0.4 is 5.32 Å². The summed E-state index contributed by atoms with van der Waals surface area (Å²) in [6.07, 6.45) is 3.71. The van der Waals surface area contributed by atoms with Crippen molar-refractivity contribution >= 4 is 23.2 Å². The first kappa shape index (κ1) is 9.90. The van der Waals surface area contributed by atoms with E-state index in [1.54, 1.807) is 0 Å². The highest BCUT2D eigenvalue weighted by Crippen LogP contribution is 2.33. The highest BCUT2D eigenvalue weighted by atomic mass is 16.2. The van der Waals surface area contributed by atoms with E-state index in [0.29, 0.717) is 5.57 Å². The van der Waals surface area contributed by atoms with Gasteiger partial charge in [0.1, 0.15) is 0 Å². The van der Waals surface area contributed by atoms with Gasteiger partial charge in [-0.2, -0.15) is 0 Å². The second kappa shape index (κ2) is 3.63. The number of fused-ring (bicyclic) bond motifs is 1. The summed E-state index contributed by atoms with van der Waals surface area (Å²) in [6, 6.07) is 9.84. The van der Waals surface area contributed by atoms with E-state index < -0.39 is 0 Å². The summed E-state index contributed by atoms with van der Waals surface area (Å²) in [6.45, 7) is 2.01. The van der Waals surface area contributed by atoms with Crippen molar-refractivity contribution in [1.29, 1.82) is 0 Å². The van der Waals surface area contributed by atoms with E-state index in [1.807, 2.05) is 49.5 Å². The standard InChI is InChI=1S/C14H12N2O/c1-9-4-5-11-12(8-10-3-2-6-15-10)14(17)16-13(11)7-9/h2-8,15H,1H3,(H,16,17)/b12-8-. The molecule has 3 nitrogen and oxygen atoms in total. The number of H-pyrrole nitrogens is 1. The van der Waals surface area contributed by atoms with Crippen LogP contribution in [0.1, 0.15) is 16.8 Å². The molecule has 3 rings (SSSR count).